The lowest BCUT2D eigenvalue weighted by atomic mass is 10.2. The van der Waals surface area contributed by atoms with Crippen LogP contribution >= 0.6 is 11.6 Å². The van der Waals surface area contributed by atoms with Gasteiger partial charge in [-0.1, -0.05) is 23.7 Å². The summed E-state index contributed by atoms with van der Waals surface area (Å²) < 4.78 is 0. The first-order valence-electron chi connectivity index (χ1n) is 7.66. The summed E-state index contributed by atoms with van der Waals surface area (Å²) in [4.78, 5) is 25.6. The third-order valence-electron chi connectivity index (χ3n) is 3.56. The Hall–Kier alpha value is -3.30. The van der Waals surface area contributed by atoms with Crippen molar-refractivity contribution < 1.29 is 9.59 Å². The van der Waals surface area contributed by atoms with Gasteiger partial charge in [-0.15, -0.1) is 0 Å². The SMILES string of the molecule is CC(=O)N(/C=C(/C#N)C(=O)Nc1cc(Cl)ccc1C)c1cccc(N)c1. The normalized spacial score (nSPS) is 10.8. The van der Waals surface area contributed by atoms with Gasteiger partial charge in [0, 0.05) is 29.5 Å². The molecular weight excluding hydrogens is 352 g/mol. The number of halogens is 1. The molecule has 0 aliphatic heterocycles. The molecule has 0 saturated carbocycles. The molecule has 0 unspecified atom stereocenters. The molecule has 2 aromatic rings. The number of hydrogen-bond acceptors (Lipinski definition) is 4. The van der Waals surface area contributed by atoms with E-state index in [2.05, 4.69) is 5.32 Å². The number of carbonyl (C=O) groups is 2. The first-order valence-corrected chi connectivity index (χ1v) is 8.04. The molecule has 0 atom stereocenters. The van der Waals surface area contributed by atoms with Gasteiger partial charge in [0.05, 0.1) is 5.69 Å². The molecule has 0 fully saturated rings. The molecular formula is C19H17ClN4O2. The maximum atomic E-state index is 12.5. The predicted molar refractivity (Wildman–Crippen MR) is 103 cm³/mol. The third kappa shape index (κ3) is 4.62. The number of rotatable bonds is 4. The molecule has 0 radical (unpaired) electrons. The van der Waals surface area contributed by atoms with Crippen molar-refractivity contribution in [1.29, 1.82) is 5.26 Å². The standard InChI is InChI=1S/C19H17ClN4O2/c1-12-6-7-15(20)8-18(12)23-19(26)14(10-21)11-24(13(2)25)17-5-3-4-16(22)9-17/h3-9,11H,22H2,1-2H3,(H,23,26)/b14-11-. The van der Waals surface area contributed by atoms with Gasteiger partial charge in [-0.3, -0.25) is 14.5 Å². The molecule has 0 aliphatic rings. The zero-order valence-corrected chi connectivity index (χ0v) is 15.0. The summed E-state index contributed by atoms with van der Waals surface area (Å²) in [6, 6.07) is 13.4. The number of nitrogen functional groups attached to an aromatic ring is 1. The van der Waals surface area contributed by atoms with Crippen molar-refractivity contribution >= 4 is 40.5 Å². The van der Waals surface area contributed by atoms with Gasteiger partial charge in [0.25, 0.3) is 5.91 Å². The van der Waals surface area contributed by atoms with E-state index in [1.54, 1.807) is 49.4 Å². The van der Waals surface area contributed by atoms with E-state index < -0.39 is 5.91 Å². The molecule has 6 nitrogen and oxygen atoms in total. The number of nitrogens with one attached hydrogen (secondary N) is 1. The second-order valence-electron chi connectivity index (χ2n) is 5.55. The number of benzene rings is 2. The van der Waals surface area contributed by atoms with Crippen LogP contribution in [0, 0.1) is 18.3 Å². The van der Waals surface area contributed by atoms with Crippen LogP contribution in [0.15, 0.2) is 54.2 Å². The minimum Gasteiger partial charge on any atom is -0.399 e. The molecule has 0 aromatic heterocycles. The van der Waals surface area contributed by atoms with Crippen molar-refractivity contribution in [2.24, 2.45) is 0 Å². The smallest absolute Gasteiger partial charge is 0.267 e. The first-order chi connectivity index (χ1) is 12.3. The molecule has 0 bridgehead atoms. The van der Waals surface area contributed by atoms with Crippen molar-refractivity contribution in [3.8, 4) is 6.07 Å². The van der Waals surface area contributed by atoms with Gasteiger partial charge in [0.15, 0.2) is 0 Å². The number of nitriles is 1. The van der Waals surface area contributed by atoms with Crippen LogP contribution in [0.4, 0.5) is 17.1 Å². The number of amides is 2. The molecule has 7 heteroatoms. The van der Waals surface area contributed by atoms with Gasteiger partial charge in [0.1, 0.15) is 11.6 Å². The quantitative estimate of drug-likeness (QED) is 0.489. The van der Waals surface area contributed by atoms with Crippen LogP contribution in [0.1, 0.15) is 12.5 Å². The van der Waals surface area contributed by atoms with Crippen LogP contribution in [-0.2, 0) is 9.59 Å². The van der Waals surface area contributed by atoms with Gasteiger partial charge in [0.2, 0.25) is 5.91 Å². The van der Waals surface area contributed by atoms with Crippen LogP contribution in [0.5, 0.6) is 0 Å². The molecule has 26 heavy (non-hydrogen) atoms. The lowest BCUT2D eigenvalue weighted by molar-refractivity contribution is -0.116. The van der Waals surface area contributed by atoms with Crippen molar-refractivity contribution in [1.82, 2.24) is 0 Å². The Morgan fingerprint density at radius 3 is 2.62 bits per heavy atom. The highest BCUT2D eigenvalue weighted by Crippen LogP contribution is 2.22. The van der Waals surface area contributed by atoms with E-state index in [0.717, 1.165) is 5.56 Å². The Morgan fingerprint density at radius 2 is 2.00 bits per heavy atom. The largest absolute Gasteiger partial charge is 0.399 e. The minimum atomic E-state index is -0.645. The Balaban J connectivity index is 2.35. The summed E-state index contributed by atoms with van der Waals surface area (Å²) >= 11 is 5.94. The second kappa shape index (κ2) is 8.19. The van der Waals surface area contributed by atoms with Gasteiger partial charge in [-0.2, -0.15) is 5.26 Å². The molecule has 0 spiro atoms. The highest BCUT2D eigenvalue weighted by atomic mass is 35.5. The van der Waals surface area contributed by atoms with E-state index in [-0.39, 0.29) is 11.5 Å². The highest BCUT2D eigenvalue weighted by molar-refractivity contribution is 6.31. The van der Waals surface area contributed by atoms with Crippen LogP contribution in [0.25, 0.3) is 0 Å². The topological polar surface area (TPSA) is 99.2 Å². The fourth-order valence-electron chi connectivity index (χ4n) is 2.21. The van der Waals surface area contributed by atoms with Crippen LogP contribution in [0.2, 0.25) is 5.02 Å². The molecule has 132 valence electrons. The summed E-state index contributed by atoms with van der Waals surface area (Å²) in [6.45, 7) is 3.13. The average Bonchev–Trinajstić information content (AvgIpc) is 2.58. The predicted octanol–water partition coefficient (Wildman–Crippen LogP) is 3.63. The van der Waals surface area contributed by atoms with E-state index in [1.807, 2.05) is 6.07 Å². The lowest BCUT2D eigenvalue weighted by Gasteiger charge is -2.17. The number of nitrogens with two attached hydrogens (primary N) is 1. The number of hydrogen-bond donors (Lipinski definition) is 2. The molecule has 2 aromatic carbocycles. The fourth-order valence-corrected chi connectivity index (χ4v) is 2.38. The summed E-state index contributed by atoms with van der Waals surface area (Å²) in [7, 11) is 0. The number of carbonyl (C=O) groups excluding carboxylic acids is 2. The van der Waals surface area contributed by atoms with Gasteiger partial charge in [-0.05, 0) is 42.8 Å². The third-order valence-corrected chi connectivity index (χ3v) is 3.79. The maximum absolute atomic E-state index is 12.5. The highest BCUT2D eigenvalue weighted by Gasteiger charge is 2.16. The lowest BCUT2D eigenvalue weighted by Crippen LogP contribution is -2.25. The van der Waals surface area contributed by atoms with Crippen molar-refractivity contribution in [2.75, 3.05) is 16.0 Å². The molecule has 0 saturated heterocycles. The number of anilines is 3. The second-order valence-corrected chi connectivity index (χ2v) is 5.99. The molecule has 0 heterocycles. The molecule has 2 rings (SSSR count). The van der Waals surface area contributed by atoms with Crippen molar-refractivity contribution in [3.63, 3.8) is 0 Å². The number of nitrogens with zero attached hydrogens (tertiary/aromatic N) is 2. The fraction of sp³-hybridized carbons (Fsp3) is 0.105. The Bertz CT molecular complexity index is 931. The van der Waals surface area contributed by atoms with Gasteiger partial charge < -0.3 is 11.1 Å². The zero-order valence-electron chi connectivity index (χ0n) is 14.3. The van der Waals surface area contributed by atoms with E-state index in [1.165, 1.54) is 18.0 Å². The molecule has 2 amide bonds. The zero-order chi connectivity index (χ0) is 19.3. The van der Waals surface area contributed by atoms with Crippen molar-refractivity contribution in [2.45, 2.75) is 13.8 Å². The van der Waals surface area contributed by atoms with Gasteiger partial charge in [-0.25, -0.2) is 0 Å². The Labute approximate surface area is 156 Å². The van der Waals surface area contributed by atoms with Crippen molar-refractivity contribution in [3.05, 3.63) is 64.8 Å². The number of aryl methyl sites for hydroxylation is 1. The maximum Gasteiger partial charge on any atom is 0.267 e. The summed E-state index contributed by atoms with van der Waals surface area (Å²) in [5.74, 6) is -1.01. The Morgan fingerprint density at radius 1 is 1.27 bits per heavy atom. The monoisotopic (exact) mass is 368 g/mol. The minimum absolute atomic E-state index is 0.234. The van der Waals surface area contributed by atoms with E-state index in [4.69, 9.17) is 17.3 Å². The van der Waals surface area contributed by atoms with Crippen LogP contribution < -0.4 is 16.0 Å². The molecule has 0 aliphatic carbocycles. The van der Waals surface area contributed by atoms with E-state index >= 15 is 0 Å². The van der Waals surface area contributed by atoms with Crippen LogP contribution in [0.3, 0.4) is 0 Å². The first kappa shape index (κ1) is 19.0. The Kier molecular flexibility index (Phi) is 5.99. The van der Waals surface area contributed by atoms with Crippen LogP contribution in [-0.4, -0.2) is 11.8 Å². The average molecular weight is 369 g/mol. The molecule has 3 N–H and O–H groups in total. The summed E-state index contributed by atoms with van der Waals surface area (Å²) in [6.07, 6.45) is 1.19. The summed E-state index contributed by atoms with van der Waals surface area (Å²) in [5, 5.41) is 12.5. The van der Waals surface area contributed by atoms with E-state index in [0.29, 0.717) is 22.1 Å². The van der Waals surface area contributed by atoms with Gasteiger partial charge >= 0.3 is 0 Å². The summed E-state index contributed by atoms with van der Waals surface area (Å²) in [5.41, 5.74) is 7.70. The van der Waals surface area contributed by atoms with E-state index in [9.17, 15) is 14.9 Å².